The Bertz CT molecular complexity index is 1250. The molecule has 0 aliphatic carbocycles. The van der Waals surface area contributed by atoms with E-state index < -0.39 is 0 Å². The quantitative estimate of drug-likeness (QED) is 0.178. The zero-order chi connectivity index (χ0) is 28.2. The second kappa shape index (κ2) is 15.3. The SMILES string of the molecule is CCCCN(CCCC)CCCCOc1cc(OC)cc2oc(-c3ccc(OC)c(OC)c3)c(OC)c(=O)c12. The molecule has 0 saturated heterocycles. The Morgan fingerprint density at radius 2 is 1.44 bits per heavy atom. The summed E-state index contributed by atoms with van der Waals surface area (Å²) in [7, 11) is 6.15. The molecule has 3 rings (SSSR count). The highest BCUT2D eigenvalue weighted by Gasteiger charge is 2.22. The van der Waals surface area contributed by atoms with E-state index in [1.165, 1.54) is 32.8 Å². The molecule has 1 heterocycles. The van der Waals surface area contributed by atoms with Gasteiger partial charge in [-0.2, -0.15) is 0 Å². The molecule has 214 valence electrons. The van der Waals surface area contributed by atoms with Gasteiger partial charge < -0.3 is 33.0 Å². The molecule has 0 atom stereocenters. The van der Waals surface area contributed by atoms with Crippen LogP contribution < -0.4 is 29.1 Å². The molecule has 0 radical (unpaired) electrons. The number of hydrogen-bond donors (Lipinski definition) is 0. The van der Waals surface area contributed by atoms with E-state index in [0.717, 1.165) is 32.5 Å². The summed E-state index contributed by atoms with van der Waals surface area (Å²) in [5.74, 6) is 2.41. The zero-order valence-corrected chi connectivity index (χ0v) is 24.3. The molecule has 3 aromatic rings. The fourth-order valence-corrected chi connectivity index (χ4v) is 4.55. The minimum atomic E-state index is -0.313. The van der Waals surface area contributed by atoms with Crippen LogP contribution in [0.5, 0.6) is 28.7 Å². The van der Waals surface area contributed by atoms with Crippen molar-refractivity contribution in [2.24, 2.45) is 0 Å². The van der Waals surface area contributed by atoms with Gasteiger partial charge in [0.05, 0.1) is 35.0 Å². The molecule has 0 N–H and O–H groups in total. The second-order valence-electron chi connectivity index (χ2n) is 9.47. The normalized spacial score (nSPS) is 11.2. The first-order chi connectivity index (χ1) is 19.0. The Labute approximate surface area is 231 Å². The first-order valence-electron chi connectivity index (χ1n) is 13.8. The summed E-state index contributed by atoms with van der Waals surface area (Å²) in [6.45, 7) is 8.27. The van der Waals surface area contributed by atoms with E-state index in [1.807, 2.05) is 0 Å². The van der Waals surface area contributed by atoms with Crippen molar-refractivity contribution in [1.82, 2.24) is 4.90 Å². The lowest BCUT2D eigenvalue weighted by Crippen LogP contribution is -2.27. The first-order valence-corrected chi connectivity index (χ1v) is 13.8. The molecule has 0 saturated carbocycles. The van der Waals surface area contributed by atoms with Crippen molar-refractivity contribution in [3.63, 3.8) is 0 Å². The third kappa shape index (κ3) is 7.60. The molecule has 8 nitrogen and oxygen atoms in total. The number of rotatable bonds is 17. The Kier molecular flexibility index (Phi) is 11.8. The van der Waals surface area contributed by atoms with Crippen molar-refractivity contribution in [3.05, 3.63) is 40.6 Å². The molecule has 0 bridgehead atoms. The fraction of sp³-hybridized carbons (Fsp3) is 0.516. The molecule has 2 aromatic carbocycles. The van der Waals surface area contributed by atoms with Crippen molar-refractivity contribution in [2.45, 2.75) is 52.4 Å². The molecule has 39 heavy (non-hydrogen) atoms. The Morgan fingerprint density at radius 1 is 0.744 bits per heavy atom. The summed E-state index contributed by atoms with van der Waals surface area (Å²) >= 11 is 0. The van der Waals surface area contributed by atoms with Crippen LogP contribution in [-0.4, -0.2) is 59.6 Å². The summed E-state index contributed by atoms with van der Waals surface area (Å²) in [6, 6.07) is 8.70. The van der Waals surface area contributed by atoms with Gasteiger partial charge in [0.25, 0.3) is 0 Å². The number of hydrogen-bond acceptors (Lipinski definition) is 8. The number of fused-ring (bicyclic) bond motifs is 1. The summed E-state index contributed by atoms with van der Waals surface area (Å²) in [5, 5.41) is 0.324. The standard InChI is InChI=1S/C31H43NO7/c1-7-9-15-32(16-10-8-2)17-11-12-18-38-26-20-23(34-3)21-27-28(26)29(33)31(37-6)30(39-27)22-13-14-24(35-4)25(19-22)36-5/h13-14,19-21H,7-12,15-18H2,1-6H3. The van der Waals surface area contributed by atoms with Gasteiger partial charge in [0.1, 0.15) is 22.5 Å². The molecule has 0 spiro atoms. The van der Waals surface area contributed by atoms with Crippen LogP contribution >= 0.6 is 0 Å². The highest BCUT2D eigenvalue weighted by atomic mass is 16.5. The van der Waals surface area contributed by atoms with Gasteiger partial charge in [-0.1, -0.05) is 26.7 Å². The maximum Gasteiger partial charge on any atom is 0.239 e. The number of ether oxygens (including phenoxy) is 5. The van der Waals surface area contributed by atoms with Crippen LogP contribution in [0.15, 0.2) is 39.5 Å². The lowest BCUT2D eigenvalue weighted by molar-refractivity contribution is 0.244. The Morgan fingerprint density at radius 3 is 2.05 bits per heavy atom. The van der Waals surface area contributed by atoms with Gasteiger partial charge in [0.15, 0.2) is 17.3 Å². The van der Waals surface area contributed by atoms with Crippen LogP contribution in [-0.2, 0) is 0 Å². The van der Waals surface area contributed by atoms with Crippen molar-refractivity contribution in [1.29, 1.82) is 0 Å². The van der Waals surface area contributed by atoms with E-state index in [2.05, 4.69) is 18.7 Å². The maximum atomic E-state index is 13.7. The van der Waals surface area contributed by atoms with Crippen molar-refractivity contribution < 1.29 is 28.1 Å². The second-order valence-corrected chi connectivity index (χ2v) is 9.47. The van der Waals surface area contributed by atoms with Crippen LogP contribution in [0.2, 0.25) is 0 Å². The molecular weight excluding hydrogens is 498 g/mol. The Balaban J connectivity index is 1.86. The number of nitrogens with zero attached hydrogens (tertiary/aromatic N) is 1. The van der Waals surface area contributed by atoms with Gasteiger partial charge in [-0.05, 0) is 63.5 Å². The van der Waals surface area contributed by atoms with E-state index >= 15 is 0 Å². The van der Waals surface area contributed by atoms with Crippen molar-refractivity contribution in [3.8, 4) is 40.1 Å². The third-order valence-electron chi connectivity index (χ3n) is 6.76. The lowest BCUT2D eigenvalue weighted by Gasteiger charge is -2.21. The number of unbranched alkanes of at least 4 members (excludes halogenated alkanes) is 3. The van der Waals surface area contributed by atoms with E-state index in [4.69, 9.17) is 28.1 Å². The van der Waals surface area contributed by atoms with Gasteiger partial charge in [-0.15, -0.1) is 0 Å². The van der Waals surface area contributed by atoms with E-state index in [0.29, 0.717) is 46.1 Å². The molecule has 0 aliphatic rings. The van der Waals surface area contributed by atoms with Gasteiger partial charge in [0, 0.05) is 17.7 Å². The molecule has 0 fully saturated rings. The lowest BCUT2D eigenvalue weighted by atomic mass is 10.1. The van der Waals surface area contributed by atoms with Crippen LogP contribution in [0.1, 0.15) is 52.4 Å². The van der Waals surface area contributed by atoms with Crippen LogP contribution in [0.3, 0.4) is 0 Å². The van der Waals surface area contributed by atoms with Gasteiger partial charge >= 0.3 is 0 Å². The molecular formula is C31H43NO7. The summed E-state index contributed by atoms with van der Waals surface area (Å²) in [5.41, 5.74) is 0.654. The van der Waals surface area contributed by atoms with E-state index in [9.17, 15) is 4.79 Å². The van der Waals surface area contributed by atoms with Gasteiger partial charge in [-0.3, -0.25) is 4.79 Å². The van der Waals surface area contributed by atoms with E-state index in [-0.39, 0.29) is 16.9 Å². The topological polar surface area (TPSA) is 79.6 Å². The third-order valence-corrected chi connectivity index (χ3v) is 6.76. The maximum absolute atomic E-state index is 13.7. The fourth-order valence-electron chi connectivity index (χ4n) is 4.55. The van der Waals surface area contributed by atoms with Crippen LogP contribution in [0.25, 0.3) is 22.3 Å². The summed E-state index contributed by atoms with van der Waals surface area (Å²) < 4.78 is 34.2. The number of benzene rings is 2. The average Bonchev–Trinajstić information content (AvgIpc) is 2.96. The average molecular weight is 542 g/mol. The smallest absolute Gasteiger partial charge is 0.239 e. The molecule has 8 heteroatoms. The minimum absolute atomic E-state index is 0.0900. The predicted octanol–water partition coefficient (Wildman–Crippen LogP) is 6.56. The molecule has 0 unspecified atom stereocenters. The highest BCUT2D eigenvalue weighted by molar-refractivity contribution is 5.88. The van der Waals surface area contributed by atoms with Crippen molar-refractivity contribution in [2.75, 3.05) is 54.7 Å². The Hall–Kier alpha value is -3.39. The number of methoxy groups -OCH3 is 4. The van der Waals surface area contributed by atoms with Crippen molar-refractivity contribution >= 4 is 11.0 Å². The zero-order valence-electron chi connectivity index (χ0n) is 24.3. The molecule has 1 aromatic heterocycles. The van der Waals surface area contributed by atoms with E-state index in [1.54, 1.807) is 51.7 Å². The summed E-state index contributed by atoms with van der Waals surface area (Å²) in [6.07, 6.45) is 6.75. The monoisotopic (exact) mass is 541 g/mol. The van der Waals surface area contributed by atoms with Crippen LogP contribution in [0.4, 0.5) is 0 Å². The first kappa shape index (κ1) is 30.2. The minimum Gasteiger partial charge on any atom is -0.496 e. The van der Waals surface area contributed by atoms with Gasteiger partial charge in [-0.25, -0.2) is 0 Å². The molecule has 0 aliphatic heterocycles. The summed E-state index contributed by atoms with van der Waals surface area (Å²) in [4.78, 5) is 16.2. The van der Waals surface area contributed by atoms with Gasteiger partial charge in [0.2, 0.25) is 11.2 Å². The largest absolute Gasteiger partial charge is 0.496 e. The van der Waals surface area contributed by atoms with Crippen LogP contribution in [0, 0.1) is 0 Å². The predicted molar refractivity (Wildman–Crippen MR) is 155 cm³/mol. The highest BCUT2D eigenvalue weighted by Crippen LogP contribution is 2.39. The molecule has 0 amide bonds.